The Labute approximate surface area is 170 Å². The molecule has 0 saturated heterocycles. The van der Waals surface area contributed by atoms with Crippen molar-refractivity contribution in [3.63, 3.8) is 0 Å². The molecule has 0 saturated carbocycles. The van der Waals surface area contributed by atoms with Crippen molar-refractivity contribution >= 4 is 50.7 Å². The molecule has 0 aliphatic carbocycles. The molecule has 0 aliphatic rings. The van der Waals surface area contributed by atoms with Gasteiger partial charge < -0.3 is 0 Å². The van der Waals surface area contributed by atoms with Crippen LogP contribution in [0, 0.1) is 0 Å². The van der Waals surface area contributed by atoms with E-state index in [2.05, 4.69) is 120 Å². The molecule has 134 valence electrons. The Hall–Kier alpha value is -2.58. The van der Waals surface area contributed by atoms with E-state index in [-0.39, 0.29) is 0 Å². The predicted molar refractivity (Wildman–Crippen MR) is 125 cm³/mol. The van der Waals surface area contributed by atoms with Gasteiger partial charge in [0.25, 0.3) is 0 Å². The molecule has 0 nitrogen and oxygen atoms in total. The number of hydrogen-bond donors (Lipinski definition) is 0. The second-order valence-corrected chi connectivity index (χ2v) is 18.7. The Morgan fingerprint density at radius 3 is 1.39 bits per heavy atom. The van der Waals surface area contributed by atoms with Crippen LogP contribution < -0.4 is 10.7 Å². The molecule has 5 aromatic carbocycles. The van der Waals surface area contributed by atoms with Crippen molar-refractivity contribution in [2.24, 2.45) is 0 Å². The van der Waals surface area contributed by atoms with E-state index >= 15 is 0 Å². The van der Waals surface area contributed by atoms with E-state index in [4.69, 9.17) is 0 Å². The van der Waals surface area contributed by atoms with E-state index in [9.17, 15) is 0 Å². The van der Waals surface area contributed by atoms with Crippen LogP contribution in [0.3, 0.4) is 0 Å². The first-order valence-corrected chi connectivity index (χ1v) is 16.9. The van der Waals surface area contributed by atoms with E-state index in [1.54, 1.807) is 7.16 Å². The fraction of sp³-hybridized carbons (Fsp3) is 0.0370. The molecule has 1 heteroatoms. The van der Waals surface area contributed by atoms with Gasteiger partial charge >= 0.3 is 171 Å². The molecule has 0 radical (unpaired) electrons. The molecule has 0 unspecified atom stereocenters. The van der Waals surface area contributed by atoms with Crippen molar-refractivity contribution in [3.8, 4) is 0 Å². The SMILES string of the molecule is [CH3][Sn]([c]1ccccc1)([c]1cccc2ccccc12)[c]1cccc2ccccc12. The fourth-order valence-electron chi connectivity index (χ4n) is 4.55. The van der Waals surface area contributed by atoms with Crippen molar-refractivity contribution in [1.82, 2.24) is 0 Å². The summed E-state index contributed by atoms with van der Waals surface area (Å²) in [5, 5.41) is 5.47. The van der Waals surface area contributed by atoms with Crippen molar-refractivity contribution in [3.05, 3.63) is 115 Å². The summed E-state index contributed by atoms with van der Waals surface area (Å²) in [6, 6.07) is 42.6. The van der Waals surface area contributed by atoms with Gasteiger partial charge in [-0.3, -0.25) is 0 Å². The number of benzene rings is 5. The molecule has 0 N–H and O–H groups in total. The van der Waals surface area contributed by atoms with Crippen LogP contribution in [0.5, 0.6) is 0 Å². The van der Waals surface area contributed by atoms with Crippen molar-refractivity contribution < 1.29 is 0 Å². The number of rotatable bonds is 3. The maximum absolute atomic E-state index is 3.20. The second-order valence-electron chi connectivity index (χ2n) is 7.54. The predicted octanol–water partition coefficient (Wildman–Crippen LogP) is 5.09. The van der Waals surface area contributed by atoms with Crippen LogP contribution in [0.1, 0.15) is 0 Å². The fourth-order valence-corrected chi connectivity index (χ4v) is 16.4. The van der Waals surface area contributed by atoms with E-state index in [0.717, 1.165) is 0 Å². The third kappa shape index (κ3) is 2.75. The molecule has 28 heavy (non-hydrogen) atoms. The summed E-state index contributed by atoms with van der Waals surface area (Å²) in [5.74, 6) is 0. The number of fused-ring (bicyclic) bond motifs is 2. The molecule has 0 aromatic heterocycles. The van der Waals surface area contributed by atoms with Crippen molar-refractivity contribution in [2.45, 2.75) is 4.94 Å². The zero-order valence-electron chi connectivity index (χ0n) is 16.0. The Bertz CT molecular complexity index is 1180. The van der Waals surface area contributed by atoms with E-state index in [0.29, 0.717) is 0 Å². The van der Waals surface area contributed by atoms with Crippen LogP contribution in [0.4, 0.5) is 0 Å². The zero-order chi connectivity index (χ0) is 19.0. The third-order valence-electron chi connectivity index (χ3n) is 6.01. The van der Waals surface area contributed by atoms with Gasteiger partial charge in [-0.2, -0.15) is 0 Å². The molecule has 0 atom stereocenters. The summed E-state index contributed by atoms with van der Waals surface area (Å²) in [4.78, 5) is 2.58. The van der Waals surface area contributed by atoms with Gasteiger partial charge in [0, 0.05) is 0 Å². The topological polar surface area (TPSA) is 0 Å². The summed E-state index contributed by atoms with van der Waals surface area (Å²) in [7, 11) is 0. The molecule has 0 heterocycles. The molecular weight excluding hydrogens is 443 g/mol. The van der Waals surface area contributed by atoms with Crippen LogP contribution >= 0.6 is 0 Å². The molecule has 5 rings (SSSR count). The van der Waals surface area contributed by atoms with Crippen molar-refractivity contribution in [2.75, 3.05) is 0 Å². The Kier molecular flexibility index (Phi) is 4.44. The third-order valence-corrected chi connectivity index (χ3v) is 18.9. The summed E-state index contributed by atoms with van der Waals surface area (Å²) >= 11 is -3.20. The summed E-state index contributed by atoms with van der Waals surface area (Å²) < 4.78 is 4.62. The van der Waals surface area contributed by atoms with Gasteiger partial charge in [0.2, 0.25) is 0 Å². The molecular formula is C27H22Sn. The Morgan fingerprint density at radius 2 is 0.857 bits per heavy atom. The van der Waals surface area contributed by atoms with Crippen LogP contribution in [0.15, 0.2) is 115 Å². The quantitative estimate of drug-likeness (QED) is 0.326. The number of hydrogen-bond acceptors (Lipinski definition) is 0. The Balaban J connectivity index is 1.92. The maximum atomic E-state index is 2.58. The van der Waals surface area contributed by atoms with Gasteiger partial charge in [-0.1, -0.05) is 0 Å². The Morgan fingerprint density at radius 1 is 0.429 bits per heavy atom. The molecule has 0 aliphatic heterocycles. The van der Waals surface area contributed by atoms with E-state index < -0.39 is 18.4 Å². The monoisotopic (exact) mass is 466 g/mol. The van der Waals surface area contributed by atoms with Gasteiger partial charge in [0.1, 0.15) is 0 Å². The minimum atomic E-state index is -3.20. The van der Waals surface area contributed by atoms with Crippen LogP contribution in [-0.2, 0) is 0 Å². The van der Waals surface area contributed by atoms with E-state index in [1.165, 1.54) is 25.1 Å². The summed E-state index contributed by atoms with van der Waals surface area (Å²) in [5.41, 5.74) is 0. The zero-order valence-corrected chi connectivity index (χ0v) is 18.8. The first kappa shape index (κ1) is 17.5. The van der Waals surface area contributed by atoms with E-state index in [1.807, 2.05) is 0 Å². The van der Waals surface area contributed by atoms with Crippen molar-refractivity contribution in [1.29, 1.82) is 0 Å². The van der Waals surface area contributed by atoms with Crippen LogP contribution in [-0.4, -0.2) is 18.4 Å². The van der Waals surface area contributed by atoms with Gasteiger partial charge in [0.05, 0.1) is 0 Å². The molecule has 0 spiro atoms. The first-order valence-electron chi connectivity index (χ1n) is 9.80. The van der Waals surface area contributed by atoms with Crippen LogP contribution in [0.2, 0.25) is 4.94 Å². The first-order chi connectivity index (χ1) is 13.8. The summed E-state index contributed by atoms with van der Waals surface area (Å²) in [6.07, 6.45) is 0. The standard InChI is InChI=1S/2C10H7.C6H5.CH3.Sn/c2*1-2-6-10-8-4-3-7-9(10)5-1;1-2-4-6-5-3-1;;/h2*1-7H;1-5H;1H3;. The normalized spacial score (nSPS) is 11.8. The van der Waals surface area contributed by atoms with Crippen LogP contribution in [0.25, 0.3) is 21.5 Å². The molecule has 0 bridgehead atoms. The molecule has 5 aromatic rings. The van der Waals surface area contributed by atoms with Gasteiger partial charge in [-0.15, -0.1) is 0 Å². The van der Waals surface area contributed by atoms with Gasteiger partial charge in [0.15, 0.2) is 0 Å². The average Bonchev–Trinajstić information content (AvgIpc) is 2.78. The summed E-state index contributed by atoms with van der Waals surface area (Å²) in [6.45, 7) is 0. The van der Waals surface area contributed by atoms with Gasteiger partial charge in [-0.05, 0) is 0 Å². The molecule has 0 fully saturated rings. The minimum absolute atomic E-state index is 1.33. The average molecular weight is 465 g/mol. The van der Waals surface area contributed by atoms with Gasteiger partial charge in [-0.25, -0.2) is 0 Å². The molecule has 0 amide bonds. The second kappa shape index (κ2) is 7.10.